The fourth-order valence-electron chi connectivity index (χ4n) is 16.3. The Balaban J connectivity index is 0.000000136. The second-order valence-electron chi connectivity index (χ2n) is 32.8. The smallest absolute Gasteiger partial charge is 0.522 e. The zero-order valence-electron chi connectivity index (χ0n) is 78.4. The molecular weight excluding hydrogens is 2740 g/mol. The number of pyridine rings is 12. The van der Waals surface area contributed by atoms with Crippen LogP contribution in [0.1, 0.15) is 56.7 Å². The SMILES string of the molecule is COc1cc[c-]c(Cc2cccc(-c3cccc(Cc4[c-]ccc(OC)c4)n3)n2)c1.[Pt+2].[Pt+2].[Pt+2].[Pt+2].[Pt+2].[c-]1c(-c2cccc(Cc3cccc(-c4[c-]c5ccccc5s4)n3)n2)sc2ccccc12.[c-]1ccccc1-c1ccc2ccc3ccc4ccc(-c5[c-]cccc5)nc4c3c2n1.[c-]1ccccc1-c1cccc(Cc2cccc(-c3[c-]cccc3)n2)n1.[c-]1cnccc1-c1cccc(Cc2cccc(-c3[c-]cncc3)n2)n1. The zero-order valence-corrected chi connectivity index (χ0v) is 91.4. The Morgan fingerprint density at radius 1 is 0.233 bits per heavy atom. The van der Waals surface area contributed by atoms with E-state index in [4.69, 9.17) is 59.3 Å². The topological polar surface area (TPSA) is 173 Å². The summed E-state index contributed by atoms with van der Waals surface area (Å²) >= 11 is 3.46. The van der Waals surface area contributed by atoms with Crippen LogP contribution in [-0.4, -0.2) is 74.0 Å². The summed E-state index contributed by atoms with van der Waals surface area (Å²) in [4.78, 5) is 58.7. The Bertz CT molecular complexity index is 7710. The average molecular weight is 2830 g/mol. The number of benzene rings is 10. The van der Waals surface area contributed by atoms with Crippen molar-refractivity contribution in [2.45, 2.75) is 32.1 Å². The van der Waals surface area contributed by atoms with Crippen LogP contribution in [0.15, 0.2) is 413 Å². The van der Waals surface area contributed by atoms with E-state index in [1.165, 1.54) is 9.40 Å². The van der Waals surface area contributed by atoms with Crippen LogP contribution in [0.5, 0.6) is 11.5 Å². The van der Waals surface area contributed by atoms with Crippen LogP contribution in [0.4, 0.5) is 0 Å². The average Bonchev–Trinajstić information content (AvgIpc) is 0.901. The summed E-state index contributed by atoms with van der Waals surface area (Å²) in [7, 11) is 3.33. The number of aromatic nitrogens is 12. The molecule has 718 valence electrons. The quantitative estimate of drug-likeness (QED) is 0.0491. The molecule has 0 bridgehead atoms. The normalized spacial score (nSPS) is 10.5. The molecule has 24 aromatic rings. The maximum Gasteiger partial charge on any atom is 2.00 e. The molecule has 0 unspecified atom stereocenters. The number of methoxy groups -OCH3 is 2. The van der Waals surface area contributed by atoms with Gasteiger partial charge in [0.1, 0.15) is 0 Å². The molecule has 21 heteroatoms. The van der Waals surface area contributed by atoms with Crippen molar-refractivity contribution in [3.8, 4) is 112 Å². The molecule has 24 rings (SSSR count). The largest absolute Gasteiger partial charge is 2.00 e. The van der Waals surface area contributed by atoms with Crippen LogP contribution in [-0.2, 0) is 137 Å². The number of ether oxygens (including phenoxy) is 2. The summed E-state index contributed by atoms with van der Waals surface area (Å²) in [6.45, 7) is 0. The standard InChI is InChI=1S/C28H16N2.C27H16N2S2.C26H22N2O2.C23H16N2.C21H14N4.5Pt/c1-3-7-19(8-4-1)24-17-15-22-13-11-21-12-14-23-16-18-25(20-9-5-2-6-10-20)30-28(23)26(21)27(22)29-24;1-3-13-24-18(7-1)15-26(30-24)22-11-5-9-20(28-22)17-21-10-6-12-23(29-21)27-16-19-8-2-4-14-25(19)31-27;1-29-23-11-3-7-19(17-23)15-21-9-5-13-25(27-21)26-14-6-10-22(28-26)16-20-8-4-12-24(18-20)30-2;1-3-9-18(10-4-1)22-15-7-13-20(24-22)17-21-14-8-16-23(25-21)19-11-5-2-6-12-19;1-3-18(24-20(5-1)16-7-11-22-12-8-16)15-19-4-2-6-21(25-19)17-9-13-23-14-10-17;;;;;/h1-7,9,11-18H;1-14H,17H2;3-6,9-14,17-18H,15-16H2,1-2H3;1-9,11,13-16H,17H2;1-7,9,11-14H,15H2;;;;;/q5*-2;5*+2. The minimum Gasteiger partial charge on any atom is -0.522 e. The fourth-order valence-corrected chi connectivity index (χ4v) is 18.2. The summed E-state index contributed by atoms with van der Waals surface area (Å²) in [5.74, 6) is 1.65. The molecule has 0 aliphatic rings. The first kappa shape index (κ1) is 106. The summed E-state index contributed by atoms with van der Waals surface area (Å²) in [6.07, 6.45) is 10.2. The first-order valence-electron chi connectivity index (χ1n) is 45.9. The Morgan fingerprint density at radius 2 is 0.521 bits per heavy atom. The number of fused-ring (bicyclic) bond motifs is 7. The minimum absolute atomic E-state index is 0. The molecule has 0 fully saturated rings. The van der Waals surface area contributed by atoms with E-state index in [1.54, 1.807) is 61.7 Å². The fraction of sp³-hybridized carbons (Fsp3) is 0.0560. The number of hydrogen-bond acceptors (Lipinski definition) is 16. The molecule has 0 N–H and O–H groups in total. The van der Waals surface area contributed by atoms with Gasteiger partial charge in [0.05, 0.1) is 36.6 Å². The third-order valence-electron chi connectivity index (χ3n) is 23.1. The molecule has 0 aliphatic carbocycles. The van der Waals surface area contributed by atoms with Crippen LogP contribution in [0.2, 0.25) is 0 Å². The Morgan fingerprint density at radius 3 is 0.842 bits per heavy atom. The zero-order chi connectivity index (χ0) is 95.1. The van der Waals surface area contributed by atoms with Gasteiger partial charge in [-0.25, -0.2) is 22.7 Å². The first-order chi connectivity index (χ1) is 69.7. The van der Waals surface area contributed by atoms with Gasteiger partial charge in [-0.15, -0.1) is 227 Å². The molecule has 0 amide bonds. The maximum absolute atomic E-state index is 5.30. The number of hydrogen-bond donors (Lipinski definition) is 0. The predicted molar refractivity (Wildman–Crippen MR) is 566 cm³/mol. The molecule has 0 saturated carbocycles. The molecule has 14 heterocycles. The van der Waals surface area contributed by atoms with Crippen molar-refractivity contribution in [1.29, 1.82) is 0 Å². The van der Waals surface area contributed by atoms with Gasteiger partial charge in [0.25, 0.3) is 0 Å². The van der Waals surface area contributed by atoms with E-state index in [9.17, 15) is 0 Å². The van der Waals surface area contributed by atoms with E-state index in [-0.39, 0.29) is 105 Å². The van der Waals surface area contributed by atoms with Crippen molar-refractivity contribution in [2.24, 2.45) is 0 Å². The molecule has 0 radical (unpaired) electrons. The van der Waals surface area contributed by atoms with Crippen molar-refractivity contribution in [3.63, 3.8) is 0 Å². The monoisotopic (exact) mass is 2820 g/mol. The van der Waals surface area contributed by atoms with Crippen molar-refractivity contribution in [2.75, 3.05) is 14.2 Å². The molecule has 10 aromatic carbocycles. The second-order valence-corrected chi connectivity index (χ2v) is 34.9. The molecule has 0 aliphatic heterocycles. The van der Waals surface area contributed by atoms with Gasteiger partial charge in [-0.3, -0.25) is 39.9 Å². The molecule has 146 heavy (non-hydrogen) atoms. The molecule has 0 spiro atoms. The van der Waals surface area contributed by atoms with E-state index in [0.29, 0.717) is 32.1 Å². The van der Waals surface area contributed by atoms with Gasteiger partial charge in [-0.05, 0) is 168 Å². The van der Waals surface area contributed by atoms with Crippen molar-refractivity contribution in [3.05, 3.63) is 530 Å². The predicted octanol–water partition coefficient (Wildman–Crippen LogP) is 28.0. The summed E-state index contributed by atoms with van der Waals surface area (Å²) in [5.41, 5.74) is 26.8. The van der Waals surface area contributed by atoms with Gasteiger partial charge in [0.2, 0.25) is 0 Å². The van der Waals surface area contributed by atoms with E-state index in [2.05, 4.69) is 192 Å². The van der Waals surface area contributed by atoms with E-state index < -0.39 is 0 Å². The molecular formula is C125H84N12O2Pt5S2. The minimum atomic E-state index is 0. The number of thiophene rings is 2. The van der Waals surface area contributed by atoms with Crippen molar-refractivity contribution < 1.29 is 115 Å². The van der Waals surface area contributed by atoms with Gasteiger partial charge in [0, 0.05) is 93.1 Å². The Labute approximate surface area is 929 Å². The number of rotatable bonds is 21. The second kappa shape index (κ2) is 52.5. The van der Waals surface area contributed by atoms with E-state index in [1.807, 2.05) is 267 Å². The van der Waals surface area contributed by atoms with Crippen LogP contribution in [0.3, 0.4) is 0 Å². The maximum atomic E-state index is 5.30. The van der Waals surface area contributed by atoms with E-state index >= 15 is 0 Å². The van der Waals surface area contributed by atoms with Crippen LogP contribution < -0.4 is 9.47 Å². The van der Waals surface area contributed by atoms with Crippen molar-refractivity contribution >= 4 is 75.4 Å². The third kappa shape index (κ3) is 27.5. The summed E-state index contributed by atoms with van der Waals surface area (Å²) in [6, 6.07) is 162. The van der Waals surface area contributed by atoms with Crippen molar-refractivity contribution in [1.82, 2.24) is 59.8 Å². The Hall–Kier alpha value is -14.3. The summed E-state index contributed by atoms with van der Waals surface area (Å²) in [5, 5.41) is 6.72. The van der Waals surface area contributed by atoms with Crippen LogP contribution >= 0.6 is 22.7 Å². The van der Waals surface area contributed by atoms with Crippen LogP contribution in [0.25, 0.3) is 153 Å². The van der Waals surface area contributed by atoms with E-state index in [0.717, 1.165) is 212 Å². The van der Waals surface area contributed by atoms with Gasteiger partial charge < -0.3 is 29.4 Å². The summed E-state index contributed by atoms with van der Waals surface area (Å²) < 4.78 is 13.1. The van der Waals surface area contributed by atoms with Gasteiger partial charge in [-0.1, -0.05) is 158 Å². The molecule has 14 aromatic heterocycles. The molecule has 0 saturated heterocycles. The number of nitrogens with zero attached hydrogens (tertiary/aromatic N) is 12. The van der Waals surface area contributed by atoms with Gasteiger partial charge in [-0.2, -0.15) is 58.7 Å². The molecule has 14 nitrogen and oxygen atoms in total. The first-order valence-corrected chi connectivity index (χ1v) is 47.6. The van der Waals surface area contributed by atoms with Crippen LogP contribution in [0, 0.1) is 60.7 Å². The van der Waals surface area contributed by atoms with Gasteiger partial charge in [0.15, 0.2) is 0 Å². The third-order valence-corrected chi connectivity index (χ3v) is 25.3. The molecule has 0 atom stereocenters. The van der Waals surface area contributed by atoms with Gasteiger partial charge >= 0.3 is 105 Å². The Kier molecular flexibility index (Phi) is 38.1.